The molecule has 4 aromatic carbocycles. The fourth-order valence-corrected chi connectivity index (χ4v) is 5.53. The third kappa shape index (κ3) is 7.47. The lowest BCUT2D eigenvalue weighted by Crippen LogP contribution is -2.43. The molecule has 258 valence electrons. The highest BCUT2D eigenvalue weighted by Crippen LogP contribution is 2.36. The van der Waals surface area contributed by atoms with Gasteiger partial charge in [0, 0.05) is 43.1 Å². The summed E-state index contributed by atoms with van der Waals surface area (Å²) in [5, 5.41) is 23.4. The molecule has 1 saturated heterocycles. The second-order valence-electron chi connectivity index (χ2n) is 11.4. The summed E-state index contributed by atoms with van der Waals surface area (Å²) in [7, 11) is 1.81. The van der Waals surface area contributed by atoms with Crippen molar-refractivity contribution in [3.05, 3.63) is 104 Å². The molecule has 0 aliphatic carbocycles. The van der Waals surface area contributed by atoms with Gasteiger partial charge in [0.15, 0.2) is 12.2 Å². The van der Waals surface area contributed by atoms with Crippen LogP contribution in [-0.2, 0) is 24.1 Å². The van der Waals surface area contributed by atoms with Gasteiger partial charge in [-0.3, -0.25) is 9.59 Å². The molecule has 0 atom stereocenters. The third-order valence-electron chi connectivity index (χ3n) is 8.10. The molecule has 6 rings (SSSR count). The minimum Gasteiger partial charge on any atom is -0.481 e. The molecule has 14 heteroatoms. The summed E-state index contributed by atoms with van der Waals surface area (Å²) < 4.78 is 17.1. The average Bonchev–Trinajstić information content (AvgIpc) is 3.59. The molecular formula is C36H35N5O9. The number of fused-ring (bicyclic) bond motifs is 2. The first-order chi connectivity index (χ1) is 24.2. The summed E-state index contributed by atoms with van der Waals surface area (Å²) >= 11 is 0. The number of nitrogens with one attached hydrogen (secondary N) is 1. The van der Waals surface area contributed by atoms with Crippen LogP contribution in [0.1, 0.15) is 0 Å². The summed E-state index contributed by atoms with van der Waals surface area (Å²) in [6, 6.07) is 24.0. The Labute approximate surface area is 286 Å². The molecule has 14 nitrogen and oxygen atoms in total. The number of carbonyl (C=O) groups is 2. The number of benzene rings is 4. The van der Waals surface area contributed by atoms with Crippen LogP contribution in [0.5, 0.6) is 5.75 Å². The van der Waals surface area contributed by atoms with Crippen LogP contribution in [0.4, 0.5) is 17.1 Å². The molecule has 1 aliphatic heterocycles. The zero-order valence-electron chi connectivity index (χ0n) is 27.2. The highest BCUT2D eigenvalue weighted by molar-refractivity contribution is 5.96. The number of oxazole rings is 1. The SMILES string of the molecule is C=C(OO)N(C(=C)OO)c1ccc(NC(=O)CN(C)c2ccc3cc(-c4nc5ccccc5o4)ccc3c2)cc1OCC(=O)N1CCOCC1. The Morgan fingerprint density at radius 2 is 1.66 bits per heavy atom. The number of hydrogen-bond donors (Lipinski definition) is 3. The summed E-state index contributed by atoms with van der Waals surface area (Å²) in [5.74, 6) is -0.767. The zero-order chi connectivity index (χ0) is 35.2. The minimum absolute atomic E-state index is 0.0103. The van der Waals surface area contributed by atoms with Gasteiger partial charge in [0.25, 0.3) is 5.91 Å². The van der Waals surface area contributed by atoms with E-state index in [1.165, 1.54) is 12.1 Å². The quantitative estimate of drug-likeness (QED) is 0.0793. The fraction of sp³-hybridized carbons (Fsp3) is 0.194. The molecule has 1 fully saturated rings. The summed E-state index contributed by atoms with van der Waals surface area (Å²) in [6.07, 6.45) is 0. The first kappa shape index (κ1) is 33.8. The maximum absolute atomic E-state index is 13.2. The van der Waals surface area contributed by atoms with E-state index in [2.05, 4.69) is 33.2 Å². The van der Waals surface area contributed by atoms with E-state index in [9.17, 15) is 20.1 Å². The lowest BCUT2D eigenvalue weighted by molar-refractivity contribution is -0.220. The van der Waals surface area contributed by atoms with Crippen molar-refractivity contribution >= 4 is 50.7 Å². The number of rotatable bonds is 13. The van der Waals surface area contributed by atoms with Gasteiger partial charge in [-0.15, -0.1) is 0 Å². The van der Waals surface area contributed by atoms with Crippen LogP contribution < -0.4 is 19.9 Å². The van der Waals surface area contributed by atoms with Crippen LogP contribution in [0, 0.1) is 0 Å². The van der Waals surface area contributed by atoms with Gasteiger partial charge in [-0.1, -0.05) is 24.3 Å². The van der Waals surface area contributed by atoms with Crippen LogP contribution in [0.3, 0.4) is 0 Å². The van der Waals surface area contributed by atoms with Gasteiger partial charge in [-0.2, -0.15) is 0 Å². The summed E-state index contributed by atoms with van der Waals surface area (Å²) in [5.41, 5.74) is 3.69. The molecule has 2 heterocycles. The number of amides is 2. The second kappa shape index (κ2) is 15.0. The van der Waals surface area contributed by atoms with E-state index in [1.54, 1.807) is 18.0 Å². The van der Waals surface area contributed by atoms with E-state index in [0.717, 1.165) is 38.0 Å². The molecule has 0 unspecified atom stereocenters. The van der Waals surface area contributed by atoms with Crippen molar-refractivity contribution in [2.75, 3.05) is 61.6 Å². The Kier molecular flexibility index (Phi) is 10.1. The van der Waals surface area contributed by atoms with E-state index in [0.29, 0.717) is 37.9 Å². The Bertz CT molecular complexity index is 2010. The van der Waals surface area contributed by atoms with Crippen molar-refractivity contribution in [2.45, 2.75) is 0 Å². The Hall–Kier alpha value is -6.09. The van der Waals surface area contributed by atoms with E-state index < -0.39 is 0 Å². The van der Waals surface area contributed by atoms with Crippen LogP contribution in [0.2, 0.25) is 0 Å². The molecule has 1 aliphatic rings. The van der Waals surface area contributed by atoms with Gasteiger partial charge in [-0.05, 0) is 72.5 Å². The van der Waals surface area contributed by atoms with Crippen LogP contribution in [0.25, 0.3) is 33.3 Å². The Morgan fingerprint density at radius 1 is 0.940 bits per heavy atom. The zero-order valence-corrected chi connectivity index (χ0v) is 27.2. The monoisotopic (exact) mass is 681 g/mol. The van der Waals surface area contributed by atoms with Crippen LogP contribution in [-0.4, -0.2) is 78.7 Å². The predicted octanol–water partition coefficient (Wildman–Crippen LogP) is 5.69. The Balaban J connectivity index is 1.16. The van der Waals surface area contributed by atoms with Crippen molar-refractivity contribution in [3.63, 3.8) is 0 Å². The molecule has 50 heavy (non-hydrogen) atoms. The predicted molar refractivity (Wildman–Crippen MR) is 186 cm³/mol. The Morgan fingerprint density at radius 3 is 2.40 bits per heavy atom. The third-order valence-corrected chi connectivity index (χ3v) is 8.10. The van der Waals surface area contributed by atoms with Gasteiger partial charge in [0.2, 0.25) is 23.6 Å². The number of likely N-dealkylation sites (N-methyl/N-ethyl adjacent to an activating group) is 1. The number of aromatic nitrogens is 1. The molecule has 5 aromatic rings. The highest BCUT2D eigenvalue weighted by atomic mass is 17.1. The highest BCUT2D eigenvalue weighted by Gasteiger charge is 2.24. The van der Waals surface area contributed by atoms with Crippen molar-refractivity contribution in [1.29, 1.82) is 0 Å². The van der Waals surface area contributed by atoms with Crippen molar-refractivity contribution in [1.82, 2.24) is 9.88 Å². The number of carbonyl (C=O) groups excluding carboxylic acids is 2. The molecule has 0 saturated carbocycles. The largest absolute Gasteiger partial charge is 0.481 e. The van der Waals surface area contributed by atoms with E-state index in [-0.39, 0.29) is 48.2 Å². The number of morpholine rings is 1. The smallest absolute Gasteiger partial charge is 0.260 e. The van der Waals surface area contributed by atoms with Crippen molar-refractivity contribution < 1.29 is 43.8 Å². The lowest BCUT2D eigenvalue weighted by Gasteiger charge is -2.28. The van der Waals surface area contributed by atoms with Gasteiger partial charge >= 0.3 is 0 Å². The maximum atomic E-state index is 13.2. The minimum atomic E-state index is -0.385. The normalized spacial score (nSPS) is 12.7. The van der Waals surface area contributed by atoms with Gasteiger partial charge < -0.3 is 38.8 Å². The molecular weight excluding hydrogens is 646 g/mol. The molecule has 1 aromatic heterocycles. The second-order valence-corrected chi connectivity index (χ2v) is 11.4. The van der Waals surface area contributed by atoms with E-state index in [4.69, 9.17) is 13.9 Å². The molecule has 0 radical (unpaired) electrons. The van der Waals surface area contributed by atoms with Crippen LogP contribution >= 0.6 is 0 Å². The first-order valence-corrected chi connectivity index (χ1v) is 15.6. The van der Waals surface area contributed by atoms with Gasteiger partial charge in [0.05, 0.1) is 25.4 Å². The van der Waals surface area contributed by atoms with Crippen molar-refractivity contribution in [2.24, 2.45) is 0 Å². The number of para-hydroxylation sites is 2. The summed E-state index contributed by atoms with van der Waals surface area (Å²) in [6.45, 7) is 8.51. The lowest BCUT2D eigenvalue weighted by atomic mass is 10.1. The molecule has 2 amide bonds. The molecule has 3 N–H and O–H groups in total. The van der Waals surface area contributed by atoms with Crippen molar-refractivity contribution in [3.8, 4) is 17.2 Å². The number of nitrogens with zero attached hydrogens (tertiary/aromatic N) is 4. The topological polar surface area (TPSA) is 159 Å². The summed E-state index contributed by atoms with van der Waals surface area (Å²) in [4.78, 5) is 43.6. The first-order valence-electron chi connectivity index (χ1n) is 15.6. The number of hydrogen-bond acceptors (Lipinski definition) is 12. The number of ether oxygens (including phenoxy) is 2. The molecule has 0 spiro atoms. The standard InChI is InChI=1S/C36H35N5O9/c1-23(49-44)41(24(2)50-45)31-13-11-28(20-33(31)47-22-35(43)40-14-16-46-17-15-40)37-34(42)21-39(3)29-12-10-25-18-27(9-8-26(25)19-29)36-38-30-6-4-5-7-32(30)48-36/h4-13,18-20,44-45H,1-2,14-17,21-22H2,3H3,(H,37,42). The average molecular weight is 682 g/mol. The number of anilines is 3. The molecule has 0 bridgehead atoms. The fourth-order valence-electron chi connectivity index (χ4n) is 5.53. The maximum Gasteiger partial charge on any atom is 0.260 e. The van der Waals surface area contributed by atoms with Gasteiger partial charge in [-0.25, -0.2) is 20.4 Å². The van der Waals surface area contributed by atoms with E-state index >= 15 is 0 Å². The van der Waals surface area contributed by atoms with Gasteiger partial charge in [0.1, 0.15) is 11.3 Å². The van der Waals surface area contributed by atoms with E-state index in [1.807, 2.05) is 65.6 Å². The van der Waals surface area contributed by atoms with Crippen LogP contribution in [0.15, 0.2) is 108 Å².